The van der Waals surface area contributed by atoms with Crippen molar-refractivity contribution in [1.29, 1.82) is 0 Å². The number of anilines is 2. The molecular formula is C22H22ClFN4O. The molecule has 1 aliphatic carbocycles. The zero-order chi connectivity index (χ0) is 20.5. The van der Waals surface area contributed by atoms with E-state index in [0.717, 1.165) is 19.3 Å². The van der Waals surface area contributed by atoms with Gasteiger partial charge in [-0.3, -0.25) is 9.48 Å². The molecule has 0 radical (unpaired) electrons. The van der Waals surface area contributed by atoms with Gasteiger partial charge < -0.3 is 11.1 Å². The van der Waals surface area contributed by atoms with E-state index in [-0.39, 0.29) is 16.8 Å². The Kier molecular flexibility index (Phi) is 5.28. The minimum absolute atomic E-state index is 0.0522. The van der Waals surface area contributed by atoms with Gasteiger partial charge in [-0.1, -0.05) is 41.9 Å². The second-order valence-electron chi connectivity index (χ2n) is 7.47. The molecule has 3 N–H and O–H groups in total. The van der Waals surface area contributed by atoms with Crippen LogP contribution in [-0.2, 0) is 7.05 Å². The van der Waals surface area contributed by atoms with Gasteiger partial charge in [-0.25, -0.2) is 4.39 Å². The first-order valence-corrected chi connectivity index (χ1v) is 9.95. The summed E-state index contributed by atoms with van der Waals surface area (Å²) in [5, 5.41) is 7.27. The Labute approximate surface area is 173 Å². The highest BCUT2D eigenvalue weighted by Gasteiger charge is 2.33. The largest absolute Gasteiger partial charge is 0.383 e. The molecule has 29 heavy (non-hydrogen) atoms. The van der Waals surface area contributed by atoms with Crippen LogP contribution in [-0.4, -0.2) is 15.7 Å². The number of nitrogen functional groups attached to an aromatic ring is 1. The van der Waals surface area contributed by atoms with Gasteiger partial charge in [0.05, 0.1) is 10.7 Å². The summed E-state index contributed by atoms with van der Waals surface area (Å²) in [5.74, 6) is 0.00645. The number of aryl methyl sites for hydroxylation is 1. The van der Waals surface area contributed by atoms with Crippen LogP contribution in [0.15, 0.2) is 48.5 Å². The molecule has 150 valence electrons. The van der Waals surface area contributed by atoms with E-state index < -0.39 is 5.82 Å². The number of rotatable bonds is 4. The van der Waals surface area contributed by atoms with Gasteiger partial charge in [-0.2, -0.15) is 5.10 Å². The second-order valence-corrected chi connectivity index (χ2v) is 7.88. The molecule has 0 spiro atoms. The molecule has 5 nitrogen and oxygen atoms in total. The lowest BCUT2D eigenvalue weighted by atomic mass is 9.94. The lowest BCUT2D eigenvalue weighted by Gasteiger charge is -2.12. The van der Waals surface area contributed by atoms with Crippen molar-refractivity contribution in [3.63, 3.8) is 0 Å². The number of amides is 1. The van der Waals surface area contributed by atoms with E-state index in [0.29, 0.717) is 28.7 Å². The van der Waals surface area contributed by atoms with Gasteiger partial charge in [-0.15, -0.1) is 0 Å². The fraction of sp³-hybridized carbons (Fsp3) is 0.273. The SMILES string of the molecule is Cn1nc(C2CCC(c3ccccc3)C2)c(C(=O)Nc2ccc(F)c(Cl)c2)c1N. The van der Waals surface area contributed by atoms with Gasteiger partial charge in [0.25, 0.3) is 5.91 Å². The quantitative estimate of drug-likeness (QED) is 0.626. The van der Waals surface area contributed by atoms with Crippen LogP contribution >= 0.6 is 11.6 Å². The fourth-order valence-corrected chi connectivity index (χ4v) is 4.28. The van der Waals surface area contributed by atoms with Gasteiger partial charge >= 0.3 is 0 Å². The van der Waals surface area contributed by atoms with E-state index in [4.69, 9.17) is 17.3 Å². The second kappa shape index (κ2) is 7.87. The number of nitrogens with one attached hydrogen (secondary N) is 1. The first-order valence-electron chi connectivity index (χ1n) is 9.57. The maximum absolute atomic E-state index is 13.4. The van der Waals surface area contributed by atoms with Gasteiger partial charge in [-0.05, 0) is 48.9 Å². The smallest absolute Gasteiger partial charge is 0.261 e. The summed E-state index contributed by atoms with van der Waals surface area (Å²) in [4.78, 5) is 13.0. The van der Waals surface area contributed by atoms with Crippen LogP contribution < -0.4 is 11.1 Å². The highest BCUT2D eigenvalue weighted by Crippen LogP contribution is 2.44. The molecule has 4 rings (SSSR count). The van der Waals surface area contributed by atoms with E-state index in [1.165, 1.54) is 28.4 Å². The summed E-state index contributed by atoms with van der Waals surface area (Å²) < 4.78 is 14.9. The van der Waals surface area contributed by atoms with Crippen molar-refractivity contribution >= 4 is 29.0 Å². The first kappa shape index (κ1) is 19.5. The predicted molar refractivity (Wildman–Crippen MR) is 113 cm³/mol. The average Bonchev–Trinajstić information content (AvgIpc) is 3.31. The van der Waals surface area contributed by atoms with Crippen molar-refractivity contribution < 1.29 is 9.18 Å². The van der Waals surface area contributed by atoms with E-state index in [9.17, 15) is 9.18 Å². The minimum atomic E-state index is -0.538. The Bertz CT molecular complexity index is 1050. The van der Waals surface area contributed by atoms with Gasteiger partial charge in [0, 0.05) is 18.7 Å². The van der Waals surface area contributed by atoms with Gasteiger partial charge in [0.1, 0.15) is 17.2 Å². The van der Waals surface area contributed by atoms with Crippen LogP contribution in [0.1, 0.15) is 52.7 Å². The summed E-state index contributed by atoms with van der Waals surface area (Å²) in [6.07, 6.45) is 2.90. The monoisotopic (exact) mass is 412 g/mol. The first-order chi connectivity index (χ1) is 13.9. The number of nitrogens with two attached hydrogens (primary N) is 1. The van der Waals surface area contributed by atoms with Crippen molar-refractivity contribution in [3.05, 3.63) is 76.2 Å². The molecule has 2 aromatic carbocycles. The topological polar surface area (TPSA) is 72.9 Å². The van der Waals surface area contributed by atoms with E-state index >= 15 is 0 Å². The maximum atomic E-state index is 13.4. The molecule has 0 bridgehead atoms. The number of carbonyl (C=O) groups excluding carboxylic acids is 1. The van der Waals surface area contributed by atoms with E-state index in [1.54, 1.807) is 7.05 Å². The van der Waals surface area contributed by atoms with Crippen LogP contribution in [0.25, 0.3) is 0 Å². The third-order valence-electron chi connectivity index (χ3n) is 5.61. The number of hydrogen-bond acceptors (Lipinski definition) is 3. The van der Waals surface area contributed by atoms with Crippen molar-refractivity contribution in [3.8, 4) is 0 Å². The summed E-state index contributed by atoms with van der Waals surface area (Å²) in [6, 6.07) is 14.5. The van der Waals surface area contributed by atoms with Crippen LogP contribution in [0.2, 0.25) is 5.02 Å². The van der Waals surface area contributed by atoms with Crippen molar-refractivity contribution in [1.82, 2.24) is 9.78 Å². The van der Waals surface area contributed by atoms with E-state index in [2.05, 4.69) is 22.5 Å². The lowest BCUT2D eigenvalue weighted by molar-refractivity contribution is 0.102. The van der Waals surface area contributed by atoms with Gasteiger partial charge in [0.2, 0.25) is 0 Å². The average molecular weight is 413 g/mol. The highest BCUT2D eigenvalue weighted by atomic mass is 35.5. The number of hydrogen-bond donors (Lipinski definition) is 2. The number of benzene rings is 2. The number of aromatic nitrogens is 2. The maximum Gasteiger partial charge on any atom is 0.261 e. The zero-order valence-corrected chi connectivity index (χ0v) is 16.8. The Morgan fingerprint density at radius 1 is 1.21 bits per heavy atom. The molecule has 0 aliphatic heterocycles. The predicted octanol–water partition coefficient (Wildman–Crippen LogP) is 5.10. The molecule has 1 saturated carbocycles. The third-order valence-corrected chi connectivity index (χ3v) is 5.90. The molecule has 2 unspecified atom stereocenters. The van der Waals surface area contributed by atoms with Crippen molar-refractivity contribution in [2.75, 3.05) is 11.1 Å². The Morgan fingerprint density at radius 3 is 2.66 bits per heavy atom. The number of halogens is 2. The molecule has 2 atom stereocenters. The van der Waals surface area contributed by atoms with Crippen LogP contribution in [0, 0.1) is 5.82 Å². The number of carbonyl (C=O) groups is 1. The van der Waals surface area contributed by atoms with Crippen LogP contribution in [0.4, 0.5) is 15.9 Å². The molecule has 3 aromatic rings. The van der Waals surface area contributed by atoms with Crippen LogP contribution in [0.3, 0.4) is 0 Å². The Hall–Kier alpha value is -2.86. The summed E-state index contributed by atoms with van der Waals surface area (Å²) >= 11 is 5.82. The molecule has 7 heteroatoms. The summed E-state index contributed by atoms with van der Waals surface area (Å²) in [5.41, 5.74) is 8.99. The molecule has 1 aromatic heterocycles. The molecule has 0 saturated heterocycles. The molecule has 1 fully saturated rings. The third kappa shape index (κ3) is 3.85. The fourth-order valence-electron chi connectivity index (χ4n) is 4.10. The summed E-state index contributed by atoms with van der Waals surface area (Å²) in [7, 11) is 1.73. The molecule has 1 aliphatic rings. The van der Waals surface area contributed by atoms with E-state index in [1.807, 2.05) is 18.2 Å². The highest BCUT2D eigenvalue weighted by molar-refractivity contribution is 6.31. The van der Waals surface area contributed by atoms with Crippen LogP contribution in [0.5, 0.6) is 0 Å². The van der Waals surface area contributed by atoms with Gasteiger partial charge in [0.15, 0.2) is 0 Å². The molecular weight excluding hydrogens is 391 g/mol. The zero-order valence-electron chi connectivity index (χ0n) is 16.0. The minimum Gasteiger partial charge on any atom is -0.383 e. The Morgan fingerprint density at radius 2 is 1.93 bits per heavy atom. The molecule has 1 heterocycles. The van der Waals surface area contributed by atoms with Crippen molar-refractivity contribution in [2.45, 2.75) is 31.1 Å². The number of nitrogens with zero attached hydrogens (tertiary/aromatic N) is 2. The standard InChI is InChI=1S/C22H22ClFN4O/c1-28-21(25)19(22(29)26-16-9-10-18(24)17(23)12-16)20(27-28)15-8-7-14(11-15)13-5-3-2-4-6-13/h2-6,9-10,12,14-15H,7-8,11,25H2,1H3,(H,26,29). The summed E-state index contributed by atoms with van der Waals surface area (Å²) in [6.45, 7) is 0. The normalized spacial score (nSPS) is 18.7. The Balaban J connectivity index is 1.59. The molecule has 1 amide bonds. The lowest BCUT2D eigenvalue weighted by Crippen LogP contribution is -2.16. The van der Waals surface area contributed by atoms with Crippen molar-refractivity contribution in [2.24, 2.45) is 7.05 Å².